The average molecular weight is 468 g/mol. The lowest BCUT2D eigenvalue weighted by atomic mass is 9.89. The SMILES string of the molecule is CCCCCC(=O)N1CCN(C(=O)[C@H](C)N2CCc3sccc3[C@H]2c2ccccc2C)CC1. The first-order valence-electron chi connectivity index (χ1n) is 12.4. The van der Waals surface area contributed by atoms with Crippen molar-refractivity contribution in [2.24, 2.45) is 0 Å². The summed E-state index contributed by atoms with van der Waals surface area (Å²) >= 11 is 1.83. The van der Waals surface area contributed by atoms with Gasteiger partial charge in [0.2, 0.25) is 11.8 Å². The lowest BCUT2D eigenvalue weighted by Crippen LogP contribution is -2.56. The number of aryl methyl sites for hydroxylation is 1. The smallest absolute Gasteiger partial charge is 0.239 e. The highest BCUT2D eigenvalue weighted by Gasteiger charge is 2.37. The number of nitrogens with zero attached hydrogens (tertiary/aromatic N) is 3. The summed E-state index contributed by atoms with van der Waals surface area (Å²) in [4.78, 5) is 33.8. The van der Waals surface area contributed by atoms with Crippen LogP contribution in [0.4, 0.5) is 0 Å². The van der Waals surface area contributed by atoms with E-state index in [1.807, 2.05) is 21.1 Å². The van der Waals surface area contributed by atoms with Crippen LogP contribution in [0.3, 0.4) is 0 Å². The molecule has 3 heterocycles. The summed E-state index contributed by atoms with van der Waals surface area (Å²) in [5.74, 6) is 0.426. The molecule has 0 saturated carbocycles. The molecule has 33 heavy (non-hydrogen) atoms. The number of fused-ring (bicyclic) bond motifs is 1. The highest BCUT2D eigenvalue weighted by Crippen LogP contribution is 2.40. The van der Waals surface area contributed by atoms with Crippen LogP contribution in [0.5, 0.6) is 0 Å². The van der Waals surface area contributed by atoms with Gasteiger partial charge in [0.25, 0.3) is 0 Å². The van der Waals surface area contributed by atoms with E-state index < -0.39 is 0 Å². The van der Waals surface area contributed by atoms with Gasteiger partial charge in [-0.3, -0.25) is 14.5 Å². The number of carbonyl (C=O) groups is 2. The molecule has 1 saturated heterocycles. The minimum Gasteiger partial charge on any atom is -0.339 e. The minimum atomic E-state index is -0.200. The third-order valence-corrected chi connectivity index (χ3v) is 8.28. The summed E-state index contributed by atoms with van der Waals surface area (Å²) in [6, 6.07) is 10.7. The van der Waals surface area contributed by atoms with Gasteiger partial charge < -0.3 is 9.80 Å². The van der Waals surface area contributed by atoms with Crippen LogP contribution in [0, 0.1) is 6.92 Å². The molecule has 0 radical (unpaired) electrons. The molecule has 0 bridgehead atoms. The van der Waals surface area contributed by atoms with E-state index in [4.69, 9.17) is 0 Å². The number of rotatable bonds is 7. The maximum atomic E-state index is 13.6. The number of amides is 2. The molecule has 0 spiro atoms. The first-order valence-corrected chi connectivity index (χ1v) is 13.3. The van der Waals surface area contributed by atoms with Crippen LogP contribution >= 0.6 is 11.3 Å². The van der Waals surface area contributed by atoms with Gasteiger partial charge in [-0.1, -0.05) is 44.0 Å². The van der Waals surface area contributed by atoms with Crippen LogP contribution in [0.15, 0.2) is 35.7 Å². The summed E-state index contributed by atoms with van der Waals surface area (Å²) in [5.41, 5.74) is 3.91. The Kier molecular flexibility index (Phi) is 7.86. The molecule has 2 aliphatic heterocycles. The van der Waals surface area contributed by atoms with E-state index in [2.05, 4.69) is 61.4 Å². The average Bonchev–Trinajstić information content (AvgIpc) is 3.32. The van der Waals surface area contributed by atoms with Gasteiger partial charge in [0.1, 0.15) is 0 Å². The fourth-order valence-electron chi connectivity index (χ4n) is 5.26. The van der Waals surface area contributed by atoms with E-state index in [9.17, 15) is 9.59 Å². The lowest BCUT2D eigenvalue weighted by Gasteiger charge is -2.43. The van der Waals surface area contributed by atoms with Crippen molar-refractivity contribution in [3.05, 3.63) is 57.3 Å². The van der Waals surface area contributed by atoms with Crippen molar-refractivity contribution >= 4 is 23.2 Å². The molecule has 5 nitrogen and oxygen atoms in total. The number of unbranched alkanes of at least 4 members (excludes halogenated alkanes) is 2. The van der Waals surface area contributed by atoms with E-state index in [1.54, 1.807) is 0 Å². The molecule has 6 heteroatoms. The molecule has 2 amide bonds. The second-order valence-electron chi connectivity index (χ2n) is 9.39. The van der Waals surface area contributed by atoms with Gasteiger partial charge in [0, 0.05) is 44.0 Å². The van der Waals surface area contributed by atoms with E-state index in [0.29, 0.717) is 32.6 Å². The maximum Gasteiger partial charge on any atom is 0.239 e. The predicted octanol–water partition coefficient (Wildman–Crippen LogP) is 4.64. The van der Waals surface area contributed by atoms with Gasteiger partial charge in [0.15, 0.2) is 0 Å². The van der Waals surface area contributed by atoms with Crippen LogP contribution in [0.1, 0.15) is 67.1 Å². The largest absolute Gasteiger partial charge is 0.339 e. The summed E-state index contributed by atoms with van der Waals surface area (Å²) < 4.78 is 0. The number of benzene rings is 1. The third kappa shape index (κ3) is 5.17. The summed E-state index contributed by atoms with van der Waals surface area (Å²) in [7, 11) is 0. The van der Waals surface area contributed by atoms with Crippen LogP contribution in [-0.4, -0.2) is 65.3 Å². The van der Waals surface area contributed by atoms with Crippen LogP contribution in [0.2, 0.25) is 0 Å². The zero-order valence-electron chi connectivity index (χ0n) is 20.3. The third-order valence-electron chi connectivity index (χ3n) is 7.28. The number of piperazine rings is 1. The molecule has 0 aliphatic carbocycles. The minimum absolute atomic E-state index is 0.113. The molecular weight excluding hydrogens is 430 g/mol. The van der Waals surface area contributed by atoms with Crippen molar-refractivity contribution < 1.29 is 9.59 Å². The lowest BCUT2D eigenvalue weighted by molar-refractivity contribution is -0.143. The van der Waals surface area contributed by atoms with Crippen LogP contribution in [0.25, 0.3) is 0 Å². The zero-order chi connectivity index (χ0) is 23.4. The second-order valence-corrected chi connectivity index (χ2v) is 10.4. The van der Waals surface area contributed by atoms with Crippen molar-refractivity contribution in [3.8, 4) is 0 Å². The molecule has 1 fully saturated rings. The Hall–Kier alpha value is -2.18. The summed E-state index contributed by atoms with van der Waals surface area (Å²) in [5, 5.41) is 2.18. The molecule has 2 aromatic rings. The molecule has 4 rings (SSSR count). The standard InChI is InChI=1S/C27H37N3O2S/c1-4-5-6-11-25(31)28-15-17-29(18-16-28)27(32)21(3)30-14-12-24-23(13-19-33-24)26(30)22-10-8-7-9-20(22)2/h7-10,13,19,21,26H,4-6,11-12,14-18H2,1-3H3/t21-,26+/m0/s1. The molecule has 178 valence electrons. The van der Waals surface area contributed by atoms with E-state index >= 15 is 0 Å². The summed E-state index contributed by atoms with van der Waals surface area (Å²) in [6.45, 7) is 9.84. The van der Waals surface area contributed by atoms with Gasteiger partial charge in [-0.05, 0) is 54.8 Å². The van der Waals surface area contributed by atoms with E-state index in [-0.39, 0.29) is 23.9 Å². The van der Waals surface area contributed by atoms with E-state index in [0.717, 1.165) is 32.2 Å². The Labute approximate surface area is 202 Å². The first kappa shape index (κ1) is 24.0. The van der Waals surface area contributed by atoms with E-state index in [1.165, 1.54) is 21.6 Å². The monoisotopic (exact) mass is 467 g/mol. The van der Waals surface area contributed by atoms with Gasteiger partial charge in [-0.25, -0.2) is 0 Å². The predicted molar refractivity (Wildman–Crippen MR) is 135 cm³/mol. The Morgan fingerprint density at radius 1 is 1.00 bits per heavy atom. The Morgan fingerprint density at radius 2 is 1.73 bits per heavy atom. The zero-order valence-corrected chi connectivity index (χ0v) is 21.1. The van der Waals surface area contributed by atoms with Crippen molar-refractivity contribution in [1.82, 2.24) is 14.7 Å². The maximum absolute atomic E-state index is 13.6. The molecule has 0 unspecified atom stereocenters. The Morgan fingerprint density at radius 3 is 2.45 bits per heavy atom. The van der Waals surface area contributed by atoms with Crippen molar-refractivity contribution in [2.75, 3.05) is 32.7 Å². The van der Waals surface area contributed by atoms with Crippen molar-refractivity contribution in [2.45, 2.75) is 65.0 Å². The normalized spacial score (nSPS) is 19.9. The second kappa shape index (κ2) is 10.8. The highest BCUT2D eigenvalue weighted by molar-refractivity contribution is 7.10. The molecule has 2 atom stereocenters. The fraction of sp³-hybridized carbons (Fsp3) is 0.556. The van der Waals surface area contributed by atoms with Gasteiger partial charge in [-0.2, -0.15) is 0 Å². The summed E-state index contributed by atoms with van der Waals surface area (Å²) in [6.07, 6.45) is 4.82. The topological polar surface area (TPSA) is 43.9 Å². The first-order chi connectivity index (χ1) is 16.0. The fourth-order valence-corrected chi connectivity index (χ4v) is 6.16. The van der Waals surface area contributed by atoms with Gasteiger partial charge in [0.05, 0.1) is 12.1 Å². The highest BCUT2D eigenvalue weighted by atomic mass is 32.1. The van der Waals surface area contributed by atoms with Crippen molar-refractivity contribution in [1.29, 1.82) is 0 Å². The van der Waals surface area contributed by atoms with Crippen molar-refractivity contribution in [3.63, 3.8) is 0 Å². The number of thiophene rings is 1. The van der Waals surface area contributed by atoms with Crippen LogP contribution in [-0.2, 0) is 16.0 Å². The van der Waals surface area contributed by atoms with Gasteiger partial charge >= 0.3 is 0 Å². The molecule has 1 aromatic heterocycles. The number of hydrogen-bond donors (Lipinski definition) is 0. The molecule has 0 N–H and O–H groups in total. The molecular formula is C27H37N3O2S. The Balaban J connectivity index is 1.45. The Bertz CT molecular complexity index is 964. The van der Waals surface area contributed by atoms with Gasteiger partial charge in [-0.15, -0.1) is 11.3 Å². The van der Waals surface area contributed by atoms with Crippen LogP contribution < -0.4 is 0 Å². The number of hydrogen-bond acceptors (Lipinski definition) is 4. The quantitative estimate of drug-likeness (QED) is 0.557. The number of carbonyl (C=O) groups excluding carboxylic acids is 2. The molecule has 2 aliphatic rings. The molecule has 1 aromatic carbocycles.